The standard InChI is InChI=1S/C24H21FN2O4/c1-14(28)10-15-13-29-22-11-16(2-3-17(15)22)30-21-6-4-18-20(7-5-19(25)24(18)21)31-23-12-26-8-9-27-23/h2-3,5,7-9,11-12,15,21,28H,1,4,6,10,13H2/t15-,21-/m1/s1. The van der Waals surface area contributed by atoms with Gasteiger partial charge in [0.2, 0.25) is 5.88 Å². The molecule has 2 aromatic carbocycles. The molecule has 0 unspecified atom stereocenters. The number of fused-ring (bicyclic) bond motifs is 2. The molecule has 158 valence electrons. The summed E-state index contributed by atoms with van der Waals surface area (Å²) in [5.41, 5.74) is 2.31. The Kier molecular flexibility index (Phi) is 4.94. The zero-order valence-electron chi connectivity index (χ0n) is 16.8. The number of ether oxygens (including phenoxy) is 3. The van der Waals surface area contributed by atoms with E-state index in [0.29, 0.717) is 48.8 Å². The quantitative estimate of drug-likeness (QED) is 0.538. The predicted octanol–water partition coefficient (Wildman–Crippen LogP) is 5.41. The molecule has 0 spiro atoms. The second-order valence-corrected chi connectivity index (χ2v) is 7.71. The highest BCUT2D eigenvalue weighted by Gasteiger charge is 2.32. The monoisotopic (exact) mass is 420 g/mol. The third kappa shape index (κ3) is 3.79. The van der Waals surface area contributed by atoms with Crippen molar-refractivity contribution in [1.29, 1.82) is 0 Å². The fourth-order valence-electron chi connectivity index (χ4n) is 4.25. The van der Waals surface area contributed by atoms with Crippen LogP contribution in [0.4, 0.5) is 4.39 Å². The molecule has 0 radical (unpaired) electrons. The maximum absolute atomic E-state index is 14.7. The van der Waals surface area contributed by atoms with Crippen molar-refractivity contribution in [2.24, 2.45) is 0 Å². The third-order valence-electron chi connectivity index (χ3n) is 5.62. The Labute approximate surface area is 179 Å². The van der Waals surface area contributed by atoms with Gasteiger partial charge in [0.25, 0.3) is 0 Å². The summed E-state index contributed by atoms with van der Waals surface area (Å²) in [6.45, 7) is 4.05. The van der Waals surface area contributed by atoms with E-state index in [-0.39, 0.29) is 17.5 Å². The summed E-state index contributed by atoms with van der Waals surface area (Å²) < 4.78 is 32.5. The summed E-state index contributed by atoms with van der Waals surface area (Å²) in [6, 6.07) is 8.63. The maximum atomic E-state index is 14.7. The minimum Gasteiger partial charge on any atom is -0.513 e. The molecule has 2 heterocycles. The van der Waals surface area contributed by atoms with Gasteiger partial charge >= 0.3 is 0 Å². The zero-order valence-corrected chi connectivity index (χ0v) is 16.8. The van der Waals surface area contributed by atoms with E-state index >= 15 is 0 Å². The highest BCUT2D eigenvalue weighted by atomic mass is 19.1. The number of aromatic nitrogens is 2. The van der Waals surface area contributed by atoms with Gasteiger partial charge in [0.1, 0.15) is 29.2 Å². The van der Waals surface area contributed by atoms with E-state index in [4.69, 9.17) is 14.2 Å². The van der Waals surface area contributed by atoms with Crippen molar-refractivity contribution in [2.75, 3.05) is 6.61 Å². The number of hydrogen-bond donors (Lipinski definition) is 1. The van der Waals surface area contributed by atoms with Gasteiger partial charge in [-0.1, -0.05) is 12.6 Å². The minimum atomic E-state index is -0.423. The van der Waals surface area contributed by atoms with E-state index in [1.54, 1.807) is 18.5 Å². The van der Waals surface area contributed by atoms with E-state index in [0.717, 1.165) is 16.9 Å². The van der Waals surface area contributed by atoms with Crippen molar-refractivity contribution in [1.82, 2.24) is 9.97 Å². The molecule has 0 amide bonds. The SMILES string of the molecule is C=C(O)C[C@@H]1COc2cc(O[C@@H]3CCc4c(Oc5cnccn5)ccc(F)c43)ccc21. The predicted molar refractivity (Wildman–Crippen MR) is 111 cm³/mol. The van der Waals surface area contributed by atoms with Crippen LogP contribution >= 0.6 is 0 Å². The molecule has 2 aliphatic rings. The Morgan fingerprint density at radius 2 is 2.16 bits per heavy atom. The van der Waals surface area contributed by atoms with Crippen LogP contribution in [0.25, 0.3) is 0 Å². The molecule has 0 saturated carbocycles. The largest absolute Gasteiger partial charge is 0.513 e. The van der Waals surface area contributed by atoms with Gasteiger partial charge in [-0.15, -0.1) is 0 Å². The maximum Gasteiger partial charge on any atom is 0.237 e. The van der Waals surface area contributed by atoms with Crippen LogP contribution in [0.5, 0.6) is 23.1 Å². The second-order valence-electron chi connectivity index (χ2n) is 7.71. The van der Waals surface area contributed by atoms with Crippen molar-refractivity contribution in [2.45, 2.75) is 31.3 Å². The average Bonchev–Trinajstić information content (AvgIpc) is 3.36. The van der Waals surface area contributed by atoms with E-state index in [1.807, 2.05) is 18.2 Å². The Morgan fingerprint density at radius 1 is 1.26 bits per heavy atom. The summed E-state index contributed by atoms with van der Waals surface area (Å²) in [5.74, 6) is 2.15. The molecule has 7 heteroatoms. The number of rotatable bonds is 6. The van der Waals surface area contributed by atoms with Gasteiger partial charge in [0.05, 0.1) is 18.6 Å². The number of aliphatic hydroxyl groups is 1. The molecule has 1 aromatic heterocycles. The van der Waals surface area contributed by atoms with Crippen molar-refractivity contribution in [3.05, 3.63) is 83.8 Å². The van der Waals surface area contributed by atoms with Gasteiger partial charge in [-0.3, -0.25) is 4.98 Å². The van der Waals surface area contributed by atoms with Gasteiger partial charge in [-0.2, -0.15) is 0 Å². The van der Waals surface area contributed by atoms with Gasteiger partial charge in [0, 0.05) is 47.5 Å². The molecular formula is C24H21FN2O4. The van der Waals surface area contributed by atoms with Gasteiger partial charge < -0.3 is 19.3 Å². The lowest BCUT2D eigenvalue weighted by atomic mass is 9.97. The fraction of sp³-hybridized carbons (Fsp3) is 0.250. The summed E-state index contributed by atoms with van der Waals surface area (Å²) in [6.07, 6.45) is 5.93. The lowest BCUT2D eigenvalue weighted by molar-refractivity contribution is 0.202. The smallest absolute Gasteiger partial charge is 0.237 e. The van der Waals surface area contributed by atoms with Crippen LogP contribution in [0.15, 0.2) is 61.3 Å². The number of aliphatic hydroxyl groups excluding tert-OH is 1. The summed E-state index contributed by atoms with van der Waals surface area (Å²) >= 11 is 0. The Hall–Kier alpha value is -3.61. The molecular weight excluding hydrogens is 399 g/mol. The normalized spacial score (nSPS) is 18.7. The van der Waals surface area contributed by atoms with E-state index in [1.165, 1.54) is 12.3 Å². The van der Waals surface area contributed by atoms with E-state index < -0.39 is 6.10 Å². The van der Waals surface area contributed by atoms with E-state index in [2.05, 4.69) is 16.5 Å². The topological polar surface area (TPSA) is 73.7 Å². The molecule has 1 aliphatic carbocycles. The highest BCUT2D eigenvalue weighted by molar-refractivity contribution is 5.49. The lowest BCUT2D eigenvalue weighted by Gasteiger charge is -2.17. The molecule has 31 heavy (non-hydrogen) atoms. The first kappa shape index (κ1) is 19.4. The van der Waals surface area contributed by atoms with Crippen molar-refractivity contribution in [3.8, 4) is 23.1 Å². The minimum absolute atomic E-state index is 0.0759. The first-order valence-corrected chi connectivity index (χ1v) is 10.1. The first-order chi connectivity index (χ1) is 15.1. The summed E-state index contributed by atoms with van der Waals surface area (Å²) in [7, 11) is 0. The van der Waals surface area contributed by atoms with Crippen LogP contribution < -0.4 is 14.2 Å². The molecule has 1 N–H and O–H groups in total. The van der Waals surface area contributed by atoms with Crippen molar-refractivity contribution in [3.63, 3.8) is 0 Å². The number of nitrogens with zero attached hydrogens (tertiary/aromatic N) is 2. The van der Waals surface area contributed by atoms with Gasteiger partial charge in [-0.05, 0) is 31.0 Å². The van der Waals surface area contributed by atoms with Gasteiger partial charge in [0.15, 0.2) is 0 Å². The first-order valence-electron chi connectivity index (χ1n) is 10.1. The number of allylic oxidation sites excluding steroid dienone is 1. The van der Waals surface area contributed by atoms with Crippen molar-refractivity contribution < 1.29 is 23.7 Å². The van der Waals surface area contributed by atoms with Crippen LogP contribution in [-0.2, 0) is 6.42 Å². The van der Waals surface area contributed by atoms with E-state index in [9.17, 15) is 9.50 Å². The summed E-state index contributed by atoms with van der Waals surface area (Å²) in [5, 5.41) is 9.49. The van der Waals surface area contributed by atoms with Crippen LogP contribution in [0.1, 0.15) is 41.6 Å². The van der Waals surface area contributed by atoms with Crippen LogP contribution in [0.3, 0.4) is 0 Å². The highest BCUT2D eigenvalue weighted by Crippen LogP contribution is 2.44. The third-order valence-corrected chi connectivity index (χ3v) is 5.62. The van der Waals surface area contributed by atoms with Gasteiger partial charge in [-0.25, -0.2) is 9.37 Å². The Balaban J connectivity index is 1.37. The van der Waals surface area contributed by atoms with Crippen molar-refractivity contribution >= 4 is 0 Å². The lowest BCUT2D eigenvalue weighted by Crippen LogP contribution is -2.06. The second kappa shape index (κ2) is 7.91. The number of halogens is 1. The van der Waals surface area contributed by atoms with Crippen LogP contribution in [-0.4, -0.2) is 21.7 Å². The fourth-order valence-corrected chi connectivity index (χ4v) is 4.25. The Bertz CT molecular complexity index is 1140. The number of hydrogen-bond acceptors (Lipinski definition) is 6. The number of benzene rings is 2. The average molecular weight is 420 g/mol. The molecule has 5 rings (SSSR count). The van der Waals surface area contributed by atoms with Crippen LogP contribution in [0, 0.1) is 5.82 Å². The van der Waals surface area contributed by atoms with Crippen LogP contribution in [0.2, 0.25) is 0 Å². The molecule has 0 fully saturated rings. The zero-order chi connectivity index (χ0) is 21.4. The molecule has 6 nitrogen and oxygen atoms in total. The summed E-state index contributed by atoms with van der Waals surface area (Å²) in [4.78, 5) is 8.12. The molecule has 2 atom stereocenters. The molecule has 3 aromatic rings. The molecule has 0 saturated heterocycles. The Morgan fingerprint density at radius 3 is 2.97 bits per heavy atom. The molecule has 1 aliphatic heterocycles. The molecule has 0 bridgehead atoms.